The zero-order valence-corrected chi connectivity index (χ0v) is 7.47. The fourth-order valence-electron chi connectivity index (χ4n) is 0.930. The smallest absolute Gasteiger partial charge is 0.115 e. The summed E-state index contributed by atoms with van der Waals surface area (Å²) in [6, 6.07) is 7.06. The monoisotopic (exact) mass is 181 g/mol. The van der Waals surface area contributed by atoms with E-state index in [1.54, 1.807) is 12.1 Å². The van der Waals surface area contributed by atoms with Gasteiger partial charge in [-0.2, -0.15) is 0 Å². The minimum absolute atomic E-state index is 0.286. The van der Waals surface area contributed by atoms with Crippen molar-refractivity contribution in [2.45, 2.75) is 12.8 Å². The lowest BCUT2D eigenvalue weighted by atomic mass is 10.1. The highest BCUT2D eigenvalue weighted by Crippen LogP contribution is 2.10. The van der Waals surface area contributed by atoms with Gasteiger partial charge in [0.25, 0.3) is 0 Å². The first-order chi connectivity index (χ1) is 5.68. The summed E-state index contributed by atoms with van der Waals surface area (Å²) in [5.74, 6) is 0.286. The minimum Gasteiger partial charge on any atom is -0.508 e. The van der Waals surface area contributed by atoms with Crippen molar-refractivity contribution in [3.8, 4) is 5.75 Å². The van der Waals surface area contributed by atoms with Crippen molar-refractivity contribution in [3.05, 3.63) is 29.8 Å². The Morgan fingerprint density at radius 3 is 2.42 bits per heavy atom. The first-order valence-electron chi connectivity index (χ1n) is 3.74. The molecule has 0 spiro atoms. The lowest BCUT2D eigenvalue weighted by molar-refractivity contribution is 0.475. The van der Waals surface area contributed by atoms with Gasteiger partial charge < -0.3 is 10.8 Å². The van der Waals surface area contributed by atoms with Crippen LogP contribution in [0.25, 0.3) is 0 Å². The summed E-state index contributed by atoms with van der Waals surface area (Å²) in [5.41, 5.74) is 6.49. The molecule has 0 bridgehead atoms. The number of hydrogen-bond acceptors (Lipinski definition) is 2. The predicted molar refractivity (Wildman–Crippen MR) is 53.2 cm³/mol. The van der Waals surface area contributed by atoms with E-state index in [-0.39, 0.29) is 5.75 Å². The third-order valence-electron chi connectivity index (χ3n) is 1.60. The fraction of sp³-hybridized carbons (Fsp3) is 0.222. The van der Waals surface area contributed by atoms with E-state index in [2.05, 4.69) is 0 Å². The molecule has 0 radical (unpaired) electrons. The third-order valence-corrected chi connectivity index (χ3v) is 1.80. The van der Waals surface area contributed by atoms with E-state index in [0.29, 0.717) is 4.99 Å². The van der Waals surface area contributed by atoms with Crippen LogP contribution >= 0.6 is 12.2 Å². The second kappa shape index (κ2) is 4.07. The van der Waals surface area contributed by atoms with Crippen LogP contribution in [0.4, 0.5) is 0 Å². The Bertz CT molecular complexity index is 268. The number of thiocarbonyl (C=S) groups is 1. The summed E-state index contributed by atoms with van der Waals surface area (Å²) in [6.45, 7) is 0. The van der Waals surface area contributed by atoms with Gasteiger partial charge in [0.2, 0.25) is 0 Å². The van der Waals surface area contributed by atoms with Gasteiger partial charge in [0.05, 0.1) is 4.99 Å². The zero-order chi connectivity index (χ0) is 8.97. The van der Waals surface area contributed by atoms with Gasteiger partial charge in [0.1, 0.15) is 5.75 Å². The average molecular weight is 181 g/mol. The van der Waals surface area contributed by atoms with Gasteiger partial charge in [-0.15, -0.1) is 0 Å². The molecular weight excluding hydrogens is 170 g/mol. The van der Waals surface area contributed by atoms with Gasteiger partial charge in [-0.25, -0.2) is 0 Å². The number of nitrogens with two attached hydrogens (primary N) is 1. The van der Waals surface area contributed by atoms with Gasteiger partial charge in [0, 0.05) is 6.42 Å². The molecule has 0 unspecified atom stereocenters. The van der Waals surface area contributed by atoms with Crippen LogP contribution in [0.3, 0.4) is 0 Å². The molecule has 2 nitrogen and oxygen atoms in total. The maximum atomic E-state index is 8.98. The fourth-order valence-corrected chi connectivity index (χ4v) is 1.03. The van der Waals surface area contributed by atoms with Crippen LogP contribution in [0.15, 0.2) is 24.3 Å². The molecule has 0 aliphatic rings. The summed E-state index contributed by atoms with van der Waals surface area (Å²) < 4.78 is 0. The number of rotatable bonds is 3. The standard InChI is InChI=1S/C9H11NOS/c10-9(12)6-3-7-1-4-8(11)5-2-7/h1-2,4-5,11H,3,6H2,(H2,10,12). The molecule has 0 atom stereocenters. The van der Waals surface area contributed by atoms with Crippen molar-refractivity contribution >= 4 is 17.2 Å². The van der Waals surface area contributed by atoms with Crippen molar-refractivity contribution in [2.75, 3.05) is 0 Å². The Kier molecular flexibility index (Phi) is 3.05. The van der Waals surface area contributed by atoms with Gasteiger partial charge in [0.15, 0.2) is 0 Å². The molecule has 0 heterocycles. The SMILES string of the molecule is NC(=S)CCc1ccc(O)cc1. The molecule has 1 aromatic carbocycles. The molecule has 0 saturated heterocycles. The van der Waals surface area contributed by atoms with Gasteiger partial charge in [-0.05, 0) is 24.1 Å². The molecule has 1 aromatic rings. The van der Waals surface area contributed by atoms with Crippen molar-refractivity contribution in [1.82, 2.24) is 0 Å². The molecule has 64 valence electrons. The molecule has 0 aromatic heterocycles. The quantitative estimate of drug-likeness (QED) is 0.696. The molecule has 3 heteroatoms. The topological polar surface area (TPSA) is 46.2 Å². The predicted octanol–water partition coefficient (Wildman–Crippen LogP) is 1.61. The van der Waals surface area contributed by atoms with Crippen molar-refractivity contribution in [1.29, 1.82) is 0 Å². The van der Waals surface area contributed by atoms with E-state index in [0.717, 1.165) is 18.4 Å². The normalized spacial score (nSPS) is 9.67. The Balaban J connectivity index is 2.53. The van der Waals surface area contributed by atoms with Crippen LogP contribution in [-0.2, 0) is 6.42 Å². The molecule has 0 amide bonds. The first kappa shape index (κ1) is 9.00. The number of aromatic hydroxyl groups is 1. The zero-order valence-electron chi connectivity index (χ0n) is 6.66. The summed E-state index contributed by atoms with van der Waals surface area (Å²) in [4.78, 5) is 0.531. The average Bonchev–Trinajstić information content (AvgIpc) is 2.03. The number of benzene rings is 1. The number of phenols is 1. The second-order valence-corrected chi connectivity index (χ2v) is 3.16. The van der Waals surface area contributed by atoms with Crippen molar-refractivity contribution in [2.24, 2.45) is 5.73 Å². The second-order valence-electron chi connectivity index (χ2n) is 2.63. The summed E-state index contributed by atoms with van der Waals surface area (Å²) in [6.07, 6.45) is 1.57. The number of aryl methyl sites for hydroxylation is 1. The highest BCUT2D eigenvalue weighted by atomic mass is 32.1. The summed E-state index contributed by atoms with van der Waals surface area (Å²) in [7, 11) is 0. The van der Waals surface area contributed by atoms with E-state index < -0.39 is 0 Å². The Morgan fingerprint density at radius 1 is 1.33 bits per heavy atom. The van der Waals surface area contributed by atoms with Crippen LogP contribution in [0, 0.1) is 0 Å². The Morgan fingerprint density at radius 2 is 1.92 bits per heavy atom. The van der Waals surface area contributed by atoms with Crippen LogP contribution in [-0.4, -0.2) is 10.1 Å². The van der Waals surface area contributed by atoms with Gasteiger partial charge in [-0.1, -0.05) is 24.4 Å². The van der Waals surface area contributed by atoms with E-state index >= 15 is 0 Å². The number of phenolic OH excluding ortho intramolecular Hbond substituents is 1. The van der Waals surface area contributed by atoms with E-state index in [4.69, 9.17) is 23.1 Å². The largest absolute Gasteiger partial charge is 0.508 e. The lowest BCUT2D eigenvalue weighted by Crippen LogP contribution is -2.08. The van der Waals surface area contributed by atoms with Crippen molar-refractivity contribution < 1.29 is 5.11 Å². The molecule has 1 rings (SSSR count). The molecule has 0 aliphatic heterocycles. The third kappa shape index (κ3) is 2.88. The van der Waals surface area contributed by atoms with Crippen LogP contribution in [0.1, 0.15) is 12.0 Å². The number of hydrogen-bond donors (Lipinski definition) is 2. The van der Waals surface area contributed by atoms with Crippen LogP contribution in [0.2, 0.25) is 0 Å². The highest BCUT2D eigenvalue weighted by Gasteiger charge is 1.94. The first-order valence-corrected chi connectivity index (χ1v) is 4.15. The van der Waals surface area contributed by atoms with E-state index in [1.807, 2.05) is 12.1 Å². The highest BCUT2D eigenvalue weighted by molar-refractivity contribution is 7.80. The molecule has 0 saturated carbocycles. The van der Waals surface area contributed by atoms with Gasteiger partial charge in [-0.3, -0.25) is 0 Å². The van der Waals surface area contributed by atoms with E-state index in [1.165, 1.54) is 0 Å². The van der Waals surface area contributed by atoms with Crippen molar-refractivity contribution in [3.63, 3.8) is 0 Å². The summed E-state index contributed by atoms with van der Waals surface area (Å²) in [5, 5.41) is 8.98. The maximum Gasteiger partial charge on any atom is 0.115 e. The minimum atomic E-state index is 0.286. The molecule has 3 N–H and O–H groups in total. The maximum absolute atomic E-state index is 8.98. The lowest BCUT2D eigenvalue weighted by Gasteiger charge is -1.99. The van der Waals surface area contributed by atoms with Crippen LogP contribution < -0.4 is 5.73 Å². The van der Waals surface area contributed by atoms with Crippen LogP contribution in [0.5, 0.6) is 5.75 Å². The Labute approximate surface area is 77.0 Å². The Hall–Kier alpha value is -1.09. The van der Waals surface area contributed by atoms with E-state index in [9.17, 15) is 0 Å². The summed E-state index contributed by atoms with van der Waals surface area (Å²) >= 11 is 4.75. The molecule has 0 aliphatic carbocycles. The molecule has 0 fully saturated rings. The molecule has 12 heavy (non-hydrogen) atoms. The molecular formula is C9H11NOS. The van der Waals surface area contributed by atoms with Gasteiger partial charge >= 0.3 is 0 Å².